The van der Waals surface area contributed by atoms with Crippen molar-refractivity contribution in [3.05, 3.63) is 58.3 Å². The number of nitrogens with one attached hydrogen (secondary N) is 2. The number of ether oxygens (including phenoxy) is 2. The van der Waals surface area contributed by atoms with Crippen LogP contribution in [0.2, 0.25) is 0 Å². The minimum atomic E-state index is -0.467. The van der Waals surface area contributed by atoms with Crippen LogP contribution < -0.4 is 15.6 Å². The van der Waals surface area contributed by atoms with Gasteiger partial charge in [-0.3, -0.25) is 9.59 Å². The predicted octanol–water partition coefficient (Wildman–Crippen LogP) is 1.89. The molecule has 3 rings (SSSR count). The zero-order chi connectivity index (χ0) is 18.4. The number of rotatable bonds is 7. The molecule has 1 aliphatic rings. The molecule has 0 spiro atoms. The minimum absolute atomic E-state index is 0.0107. The van der Waals surface area contributed by atoms with E-state index in [0.717, 1.165) is 19.3 Å². The first-order valence-electron chi connectivity index (χ1n) is 8.73. The summed E-state index contributed by atoms with van der Waals surface area (Å²) >= 11 is 0. The molecular weight excluding hydrogens is 334 g/mol. The summed E-state index contributed by atoms with van der Waals surface area (Å²) in [6.45, 7) is 0.731. The van der Waals surface area contributed by atoms with Crippen molar-refractivity contribution in [2.45, 2.75) is 31.9 Å². The number of methoxy groups -OCH3 is 1. The number of amides is 1. The van der Waals surface area contributed by atoms with Crippen LogP contribution in [0.4, 0.5) is 0 Å². The Morgan fingerprint density at radius 1 is 1.31 bits per heavy atom. The molecule has 0 radical (unpaired) electrons. The summed E-state index contributed by atoms with van der Waals surface area (Å²) in [6.07, 6.45) is 4.26. The Labute approximate surface area is 151 Å². The van der Waals surface area contributed by atoms with E-state index in [-0.39, 0.29) is 24.1 Å². The second kappa shape index (κ2) is 8.62. The van der Waals surface area contributed by atoms with Crippen LogP contribution in [0.25, 0.3) is 0 Å². The Balaban J connectivity index is 1.61. The minimum Gasteiger partial charge on any atom is -0.486 e. The number of hydrogen-bond donors (Lipinski definition) is 2. The number of nitrogens with zero attached hydrogens (tertiary/aromatic N) is 1. The monoisotopic (exact) mass is 357 g/mol. The topological polar surface area (TPSA) is 93.3 Å². The fourth-order valence-corrected chi connectivity index (χ4v) is 3.22. The number of hydrogen-bond acceptors (Lipinski definition) is 5. The molecule has 7 heteroatoms. The molecule has 0 aliphatic heterocycles. The Hall–Kier alpha value is -2.67. The van der Waals surface area contributed by atoms with Crippen molar-refractivity contribution in [1.29, 1.82) is 0 Å². The molecule has 0 unspecified atom stereocenters. The molecule has 1 fully saturated rings. The van der Waals surface area contributed by atoms with Gasteiger partial charge in [-0.05, 0) is 25.0 Å². The molecule has 138 valence electrons. The summed E-state index contributed by atoms with van der Waals surface area (Å²) in [5, 5.41) is 2.94. The summed E-state index contributed by atoms with van der Waals surface area (Å²) in [6, 6.07) is 9.28. The maximum absolute atomic E-state index is 12.4. The third-order valence-corrected chi connectivity index (χ3v) is 4.57. The lowest BCUT2D eigenvalue weighted by Crippen LogP contribution is -2.41. The number of carbonyl (C=O) groups excluding carboxylic acids is 1. The summed E-state index contributed by atoms with van der Waals surface area (Å²) < 4.78 is 10.7. The van der Waals surface area contributed by atoms with Crippen LogP contribution in [0, 0.1) is 5.92 Å². The first kappa shape index (κ1) is 18.1. The number of carbonyl (C=O) groups is 1. The maximum atomic E-state index is 12.4. The first-order chi connectivity index (χ1) is 12.7. The number of aromatic amines is 1. The Bertz CT molecular complexity index is 791. The quantitative estimate of drug-likeness (QED) is 0.789. The van der Waals surface area contributed by atoms with Crippen molar-refractivity contribution in [3.63, 3.8) is 0 Å². The van der Waals surface area contributed by atoms with Gasteiger partial charge in [-0.25, -0.2) is 4.98 Å². The lowest BCUT2D eigenvalue weighted by Gasteiger charge is -2.20. The molecule has 1 amide bonds. The van der Waals surface area contributed by atoms with E-state index in [0.29, 0.717) is 18.2 Å². The molecular formula is C19H23N3O4. The summed E-state index contributed by atoms with van der Waals surface area (Å²) in [5.74, 6) is 0.938. The summed E-state index contributed by atoms with van der Waals surface area (Å²) in [5.41, 5.74) is -0.457. The van der Waals surface area contributed by atoms with Gasteiger partial charge in [-0.1, -0.05) is 24.6 Å². The van der Waals surface area contributed by atoms with E-state index < -0.39 is 11.5 Å². The van der Waals surface area contributed by atoms with Crippen LogP contribution >= 0.6 is 0 Å². The smallest absolute Gasteiger partial charge is 0.263 e. The van der Waals surface area contributed by atoms with Crippen LogP contribution in [-0.4, -0.2) is 35.6 Å². The molecule has 1 aromatic heterocycles. The highest BCUT2D eigenvalue weighted by atomic mass is 16.5. The molecule has 1 heterocycles. The van der Waals surface area contributed by atoms with Crippen molar-refractivity contribution in [2.24, 2.45) is 5.92 Å². The zero-order valence-electron chi connectivity index (χ0n) is 14.7. The standard InChI is InChI=1S/C19H23N3O4/c1-25-11-13-6-5-9-16(13)21-18(23)15-10-20-17(22-19(15)24)12-26-14-7-3-2-4-8-14/h2-4,7-8,10,13,16H,5-6,9,11-12H2,1H3,(H,21,23)(H,20,22,24)/t13-,16-/m0/s1. The van der Waals surface area contributed by atoms with Crippen LogP contribution in [0.1, 0.15) is 35.4 Å². The highest BCUT2D eigenvalue weighted by Gasteiger charge is 2.29. The highest BCUT2D eigenvalue weighted by molar-refractivity contribution is 5.93. The van der Waals surface area contributed by atoms with E-state index in [4.69, 9.17) is 9.47 Å². The van der Waals surface area contributed by atoms with Crippen molar-refractivity contribution in [2.75, 3.05) is 13.7 Å². The fraction of sp³-hybridized carbons (Fsp3) is 0.421. The molecule has 2 N–H and O–H groups in total. The van der Waals surface area contributed by atoms with E-state index in [2.05, 4.69) is 15.3 Å². The molecule has 1 aromatic carbocycles. The van der Waals surface area contributed by atoms with E-state index in [1.54, 1.807) is 7.11 Å². The molecule has 26 heavy (non-hydrogen) atoms. The SMILES string of the molecule is COC[C@@H]1CCC[C@@H]1NC(=O)c1cnc(COc2ccccc2)[nH]c1=O. The number of para-hydroxylation sites is 1. The van der Waals surface area contributed by atoms with Gasteiger partial charge < -0.3 is 19.8 Å². The summed E-state index contributed by atoms with van der Waals surface area (Å²) in [7, 11) is 1.65. The van der Waals surface area contributed by atoms with Gasteiger partial charge in [0.15, 0.2) is 0 Å². The van der Waals surface area contributed by atoms with Gasteiger partial charge in [0.25, 0.3) is 11.5 Å². The molecule has 2 aromatic rings. The van der Waals surface area contributed by atoms with Gasteiger partial charge in [0.05, 0.1) is 6.61 Å². The lowest BCUT2D eigenvalue weighted by molar-refractivity contribution is 0.0896. The number of H-pyrrole nitrogens is 1. The molecule has 7 nitrogen and oxygen atoms in total. The molecule has 1 aliphatic carbocycles. The Morgan fingerprint density at radius 3 is 2.85 bits per heavy atom. The third kappa shape index (κ3) is 4.49. The van der Waals surface area contributed by atoms with Gasteiger partial charge in [0.1, 0.15) is 23.7 Å². The molecule has 2 atom stereocenters. The van der Waals surface area contributed by atoms with E-state index in [9.17, 15) is 9.59 Å². The van der Waals surface area contributed by atoms with Gasteiger partial charge >= 0.3 is 0 Å². The van der Waals surface area contributed by atoms with Gasteiger partial charge in [0.2, 0.25) is 0 Å². The van der Waals surface area contributed by atoms with Crippen molar-refractivity contribution >= 4 is 5.91 Å². The Kier molecular flexibility index (Phi) is 6.01. The molecule has 0 bridgehead atoms. The van der Waals surface area contributed by atoms with E-state index >= 15 is 0 Å². The average molecular weight is 357 g/mol. The summed E-state index contributed by atoms with van der Waals surface area (Å²) in [4.78, 5) is 31.4. The Morgan fingerprint density at radius 2 is 2.12 bits per heavy atom. The van der Waals surface area contributed by atoms with Crippen LogP contribution in [0.5, 0.6) is 5.75 Å². The van der Waals surface area contributed by atoms with Gasteiger partial charge in [-0.15, -0.1) is 0 Å². The van der Waals surface area contributed by atoms with Gasteiger partial charge in [0, 0.05) is 25.3 Å². The zero-order valence-corrected chi connectivity index (χ0v) is 14.7. The number of benzene rings is 1. The van der Waals surface area contributed by atoms with E-state index in [1.807, 2.05) is 30.3 Å². The first-order valence-corrected chi connectivity index (χ1v) is 8.73. The normalized spacial score (nSPS) is 19.3. The molecule has 1 saturated carbocycles. The second-order valence-corrected chi connectivity index (χ2v) is 6.40. The van der Waals surface area contributed by atoms with E-state index in [1.165, 1.54) is 6.20 Å². The van der Waals surface area contributed by atoms with Crippen molar-refractivity contribution in [1.82, 2.24) is 15.3 Å². The average Bonchev–Trinajstić information content (AvgIpc) is 3.08. The van der Waals surface area contributed by atoms with Crippen LogP contribution in [-0.2, 0) is 11.3 Å². The van der Waals surface area contributed by atoms with Crippen molar-refractivity contribution < 1.29 is 14.3 Å². The van der Waals surface area contributed by atoms with Crippen LogP contribution in [0.3, 0.4) is 0 Å². The predicted molar refractivity (Wildman–Crippen MR) is 96.1 cm³/mol. The molecule has 0 saturated heterocycles. The largest absolute Gasteiger partial charge is 0.486 e. The highest BCUT2D eigenvalue weighted by Crippen LogP contribution is 2.25. The van der Waals surface area contributed by atoms with Crippen molar-refractivity contribution in [3.8, 4) is 5.75 Å². The van der Waals surface area contributed by atoms with Crippen LogP contribution in [0.15, 0.2) is 41.3 Å². The number of aromatic nitrogens is 2. The maximum Gasteiger partial charge on any atom is 0.263 e. The lowest BCUT2D eigenvalue weighted by atomic mass is 10.0. The van der Waals surface area contributed by atoms with Gasteiger partial charge in [-0.2, -0.15) is 0 Å². The second-order valence-electron chi connectivity index (χ2n) is 6.40. The third-order valence-electron chi connectivity index (χ3n) is 4.57. The fourth-order valence-electron chi connectivity index (χ4n) is 3.22.